The van der Waals surface area contributed by atoms with Crippen molar-refractivity contribution in [3.8, 4) is 5.75 Å². The Labute approximate surface area is 139 Å². The first kappa shape index (κ1) is 19.8. The molecule has 0 radical (unpaired) electrons. The van der Waals surface area contributed by atoms with Crippen LogP contribution in [0.25, 0.3) is 0 Å². The minimum absolute atomic E-state index is 0. The van der Waals surface area contributed by atoms with Crippen LogP contribution in [0.3, 0.4) is 0 Å². The van der Waals surface area contributed by atoms with Crippen molar-refractivity contribution in [2.75, 3.05) is 38.6 Å². The van der Waals surface area contributed by atoms with Gasteiger partial charge in [-0.3, -0.25) is 9.80 Å². The third kappa shape index (κ3) is 6.06. The first-order valence-electron chi connectivity index (χ1n) is 6.53. The lowest BCUT2D eigenvalue weighted by Gasteiger charge is -2.37. The fraction of sp³-hybridized carbons (Fsp3) is 0.571. The second-order valence-electron chi connectivity index (χ2n) is 4.60. The van der Waals surface area contributed by atoms with Crippen molar-refractivity contribution < 1.29 is 4.74 Å². The van der Waals surface area contributed by atoms with Gasteiger partial charge in [0.05, 0.1) is 0 Å². The summed E-state index contributed by atoms with van der Waals surface area (Å²) >= 11 is 5.76. The van der Waals surface area contributed by atoms with Gasteiger partial charge in [-0.2, -0.15) is 0 Å². The Balaban J connectivity index is 0.00000180. The molecule has 1 aliphatic heterocycles. The highest BCUT2D eigenvalue weighted by Crippen LogP contribution is 2.14. The van der Waals surface area contributed by atoms with E-state index >= 15 is 0 Å². The van der Waals surface area contributed by atoms with Crippen molar-refractivity contribution in [1.29, 1.82) is 0 Å². The third-order valence-corrected chi connectivity index (χ3v) is 3.54. The van der Waals surface area contributed by atoms with Crippen molar-refractivity contribution >= 4 is 36.4 Å². The molecule has 116 valence electrons. The smallest absolute Gasteiger partial charge is 0.149 e. The Bertz CT molecular complexity index is 346. The van der Waals surface area contributed by atoms with Gasteiger partial charge in [0, 0.05) is 38.6 Å². The summed E-state index contributed by atoms with van der Waals surface area (Å²) in [7, 11) is 0. The first-order chi connectivity index (χ1) is 8.79. The molecule has 1 aliphatic rings. The SMILES string of the molecule is CC(Oc1ccccc1)N1CCN(CCCl)CC1.Cl.Cl. The summed E-state index contributed by atoms with van der Waals surface area (Å²) in [6.45, 7) is 7.35. The molecule has 6 heteroatoms. The molecule has 0 N–H and O–H groups in total. The van der Waals surface area contributed by atoms with Gasteiger partial charge < -0.3 is 4.74 Å². The largest absolute Gasteiger partial charge is 0.475 e. The number of hydrogen-bond acceptors (Lipinski definition) is 3. The molecule has 1 fully saturated rings. The van der Waals surface area contributed by atoms with Crippen LogP contribution in [0.4, 0.5) is 0 Å². The van der Waals surface area contributed by atoms with Crippen LogP contribution in [0.2, 0.25) is 0 Å². The Hall–Kier alpha value is -0.190. The lowest BCUT2D eigenvalue weighted by Crippen LogP contribution is -2.51. The van der Waals surface area contributed by atoms with Gasteiger partial charge in [0.1, 0.15) is 12.0 Å². The van der Waals surface area contributed by atoms with Gasteiger partial charge in [-0.25, -0.2) is 0 Å². The van der Waals surface area contributed by atoms with E-state index in [0.717, 1.165) is 44.4 Å². The second kappa shape index (κ2) is 10.5. The summed E-state index contributed by atoms with van der Waals surface area (Å²) in [5, 5.41) is 0. The van der Waals surface area contributed by atoms with Crippen LogP contribution in [-0.4, -0.2) is 54.6 Å². The molecule has 0 aromatic heterocycles. The van der Waals surface area contributed by atoms with E-state index in [-0.39, 0.29) is 31.0 Å². The summed E-state index contributed by atoms with van der Waals surface area (Å²) in [4.78, 5) is 4.77. The van der Waals surface area contributed by atoms with Gasteiger partial charge in [0.25, 0.3) is 0 Å². The van der Waals surface area contributed by atoms with Crippen LogP contribution >= 0.6 is 36.4 Å². The van der Waals surface area contributed by atoms with Gasteiger partial charge in [0.15, 0.2) is 0 Å². The molecule has 0 spiro atoms. The zero-order chi connectivity index (χ0) is 12.8. The summed E-state index contributed by atoms with van der Waals surface area (Å²) < 4.78 is 5.93. The summed E-state index contributed by atoms with van der Waals surface area (Å²) in [5.41, 5.74) is 0. The van der Waals surface area contributed by atoms with E-state index in [4.69, 9.17) is 16.3 Å². The number of rotatable bonds is 5. The molecule has 0 saturated carbocycles. The van der Waals surface area contributed by atoms with Gasteiger partial charge in [-0.1, -0.05) is 18.2 Å². The number of nitrogens with zero attached hydrogens (tertiary/aromatic N) is 2. The summed E-state index contributed by atoms with van der Waals surface area (Å²) in [6.07, 6.45) is 0.130. The van der Waals surface area contributed by atoms with Crippen LogP contribution in [0.1, 0.15) is 6.92 Å². The lowest BCUT2D eigenvalue weighted by atomic mass is 10.3. The molecule has 1 saturated heterocycles. The Kier molecular flexibility index (Phi) is 10.4. The standard InChI is InChI=1S/C14H21ClN2O.2ClH/c1-13(18-14-5-3-2-4-6-14)17-11-9-16(8-7-15)10-12-17;;/h2-6,13H,7-12H2,1H3;2*1H. The summed E-state index contributed by atoms with van der Waals surface area (Å²) in [6, 6.07) is 10.0. The predicted molar refractivity (Wildman–Crippen MR) is 89.8 cm³/mol. The molecular weight excluding hydrogens is 319 g/mol. The first-order valence-corrected chi connectivity index (χ1v) is 7.07. The quantitative estimate of drug-likeness (QED) is 0.765. The number of para-hydroxylation sites is 1. The van der Waals surface area contributed by atoms with Crippen LogP contribution in [-0.2, 0) is 0 Å². The zero-order valence-electron chi connectivity index (χ0n) is 11.7. The highest BCUT2D eigenvalue weighted by molar-refractivity contribution is 6.18. The number of hydrogen-bond donors (Lipinski definition) is 0. The van der Waals surface area contributed by atoms with Gasteiger partial charge in [-0.05, 0) is 19.1 Å². The maximum absolute atomic E-state index is 5.93. The topological polar surface area (TPSA) is 15.7 Å². The molecule has 2 rings (SSSR count). The maximum Gasteiger partial charge on any atom is 0.149 e. The van der Waals surface area contributed by atoms with E-state index in [1.54, 1.807) is 0 Å². The number of alkyl halides is 1. The van der Waals surface area contributed by atoms with Crippen molar-refractivity contribution in [3.63, 3.8) is 0 Å². The average Bonchev–Trinajstić information content (AvgIpc) is 2.41. The number of ether oxygens (including phenoxy) is 1. The number of piperazine rings is 1. The lowest BCUT2D eigenvalue weighted by molar-refractivity contribution is 0.00504. The third-order valence-electron chi connectivity index (χ3n) is 3.37. The molecule has 1 atom stereocenters. The minimum atomic E-state index is 0. The van der Waals surface area contributed by atoms with E-state index in [1.165, 1.54) is 0 Å². The molecule has 0 bridgehead atoms. The molecular formula is C14H23Cl3N2O. The van der Waals surface area contributed by atoms with E-state index in [2.05, 4.69) is 16.7 Å². The highest BCUT2D eigenvalue weighted by atomic mass is 35.5. The fourth-order valence-electron chi connectivity index (χ4n) is 2.24. The molecule has 3 nitrogen and oxygen atoms in total. The summed E-state index contributed by atoms with van der Waals surface area (Å²) in [5.74, 6) is 1.66. The van der Waals surface area contributed by atoms with Crippen molar-refractivity contribution in [2.45, 2.75) is 13.2 Å². The van der Waals surface area contributed by atoms with Crippen LogP contribution in [0, 0.1) is 0 Å². The van der Waals surface area contributed by atoms with E-state index in [0.29, 0.717) is 0 Å². The van der Waals surface area contributed by atoms with Crippen molar-refractivity contribution in [1.82, 2.24) is 9.80 Å². The normalized spacial score (nSPS) is 17.7. The van der Waals surface area contributed by atoms with Gasteiger partial charge in [-0.15, -0.1) is 36.4 Å². The monoisotopic (exact) mass is 340 g/mol. The number of halogens is 3. The van der Waals surface area contributed by atoms with Crippen molar-refractivity contribution in [3.05, 3.63) is 30.3 Å². The van der Waals surface area contributed by atoms with E-state index < -0.39 is 0 Å². The Morgan fingerprint density at radius 3 is 2.25 bits per heavy atom. The highest BCUT2D eigenvalue weighted by Gasteiger charge is 2.21. The van der Waals surface area contributed by atoms with Crippen molar-refractivity contribution in [2.24, 2.45) is 0 Å². The van der Waals surface area contributed by atoms with Crippen LogP contribution in [0.15, 0.2) is 30.3 Å². The molecule has 1 heterocycles. The van der Waals surface area contributed by atoms with Gasteiger partial charge in [0.2, 0.25) is 0 Å². The molecule has 0 amide bonds. The van der Waals surface area contributed by atoms with Crippen LogP contribution < -0.4 is 4.74 Å². The second-order valence-corrected chi connectivity index (χ2v) is 4.97. The van der Waals surface area contributed by atoms with E-state index in [1.807, 2.05) is 30.3 Å². The van der Waals surface area contributed by atoms with Crippen LogP contribution in [0.5, 0.6) is 5.75 Å². The zero-order valence-corrected chi connectivity index (χ0v) is 14.1. The average molecular weight is 342 g/mol. The molecule has 0 aliphatic carbocycles. The Morgan fingerprint density at radius 1 is 1.10 bits per heavy atom. The predicted octanol–water partition coefficient (Wildman–Crippen LogP) is 3.11. The Morgan fingerprint density at radius 2 is 1.70 bits per heavy atom. The van der Waals surface area contributed by atoms with E-state index in [9.17, 15) is 0 Å². The minimum Gasteiger partial charge on any atom is -0.475 e. The van der Waals surface area contributed by atoms with Gasteiger partial charge >= 0.3 is 0 Å². The molecule has 20 heavy (non-hydrogen) atoms. The fourth-order valence-corrected chi connectivity index (χ4v) is 2.48. The molecule has 1 aromatic carbocycles. The maximum atomic E-state index is 5.93. The number of benzene rings is 1. The molecule has 1 unspecified atom stereocenters. The molecule has 1 aromatic rings.